The van der Waals surface area contributed by atoms with Crippen LogP contribution in [0.15, 0.2) is 24.5 Å². The van der Waals surface area contributed by atoms with Gasteiger partial charge in [0.15, 0.2) is 0 Å². The van der Waals surface area contributed by atoms with Gasteiger partial charge in [-0.3, -0.25) is 9.48 Å². The molecule has 0 aliphatic carbocycles. The Bertz CT molecular complexity index is 663. The van der Waals surface area contributed by atoms with Crippen LogP contribution in [0.5, 0.6) is 0 Å². The first-order valence-corrected chi connectivity index (χ1v) is 6.04. The van der Waals surface area contributed by atoms with Crippen LogP contribution in [-0.4, -0.2) is 31.7 Å². The number of pyridine rings is 1. The van der Waals surface area contributed by atoms with Crippen molar-refractivity contribution in [2.45, 2.75) is 13.3 Å². The van der Waals surface area contributed by atoms with Gasteiger partial charge < -0.3 is 10.4 Å². The highest BCUT2D eigenvalue weighted by Gasteiger charge is 2.15. The van der Waals surface area contributed by atoms with Gasteiger partial charge in [0.1, 0.15) is 5.82 Å². The Hall–Kier alpha value is -2.70. The van der Waals surface area contributed by atoms with Gasteiger partial charge in [-0.25, -0.2) is 9.78 Å². The van der Waals surface area contributed by atoms with E-state index in [2.05, 4.69) is 15.4 Å². The molecule has 2 heterocycles. The Morgan fingerprint density at radius 1 is 1.45 bits per heavy atom. The van der Waals surface area contributed by atoms with Crippen molar-refractivity contribution in [3.63, 3.8) is 0 Å². The van der Waals surface area contributed by atoms with Gasteiger partial charge in [0.2, 0.25) is 0 Å². The molecule has 7 heteroatoms. The fourth-order valence-corrected chi connectivity index (χ4v) is 1.80. The summed E-state index contributed by atoms with van der Waals surface area (Å²) < 4.78 is 1.56. The number of carboxylic acids is 1. The van der Waals surface area contributed by atoms with Crippen LogP contribution >= 0.6 is 0 Å². The summed E-state index contributed by atoms with van der Waals surface area (Å²) in [7, 11) is 1.74. The van der Waals surface area contributed by atoms with Crippen molar-refractivity contribution in [2.24, 2.45) is 7.05 Å². The topological polar surface area (TPSA) is 97.1 Å². The largest absolute Gasteiger partial charge is 0.478 e. The number of nitrogens with one attached hydrogen (secondary N) is 1. The summed E-state index contributed by atoms with van der Waals surface area (Å²) in [5.41, 5.74) is 1.20. The van der Waals surface area contributed by atoms with Gasteiger partial charge in [0, 0.05) is 19.4 Å². The Morgan fingerprint density at radius 3 is 2.85 bits per heavy atom. The second kappa shape index (κ2) is 5.52. The molecular formula is C13H14N4O3. The molecule has 0 radical (unpaired) electrons. The second-order valence-corrected chi connectivity index (χ2v) is 4.21. The minimum absolute atomic E-state index is 0.0669. The molecule has 0 fully saturated rings. The van der Waals surface area contributed by atoms with E-state index in [-0.39, 0.29) is 17.3 Å². The first kappa shape index (κ1) is 13.7. The molecule has 0 aliphatic heterocycles. The van der Waals surface area contributed by atoms with Gasteiger partial charge in [-0.1, -0.05) is 6.92 Å². The third-order valence-corrected chi connectivity index (χ3v) is 2.73. The lowest BCUT2D eigenvalue weighted by Gasteiger charge is -2.04. The molecule has 0 atom stereocenters. The van der Waals surface area contributed by atoms with Gasteiger partial charge in [-0.2, -0.15) is 5.10 Å². The quantitative estimate of drug-likeness (QED) is 0.876. The number of carbonyl (C=O) groups is 2. The lowest BCUT2D eigenvalue weighted by molar-refractivity contribution is 0.0696. The van der Waals surface area contributed by atoms with E-state index in [1.54, 1.807) is 17.9 Å². The number of amides is 1. The van der Waals surface area contributed by atoms with Crippen molar-refractivity contribution >= 4 is 17.7 Å². The van der Waals surface area contributed by atoms with Crippen LogP contribution in [0.25, 0.3) is 0 Å². The Balaban J connectivity index is 2.23. The van der Waals surface area contributed by atoms with E-state index in [0.717, 1.165) is 0 Å². The number of aryl methyl sites for hydroxylation is 2. The molecule has 1 amide bonds. The lowest BCUT2D eigenvalue weighted by atomic mass is 10.2. The van der Waals surface area contributed by atoms with Crippen molar-refractivity contribution in [1.82, 2.24) is 14.8 Å². The molecule has 2 N–H and O–H groups in total. The molecule has 20 heavy (non-hydrogen) atoms. The molecule has 104 valence electrons. The zero-order valence-corrected chi connectivity index (χ0v) is 11.1. The fourth-order valence-electron chi connectivity index (χ4n) is 1.80. The van der Waals surface area contributed by atoms with Crippen LogP contribution in [0.3, 0.4) is 0 Å². The van der Waals surface area contributed by atoms with Crippen molar-refractivity contribution in [2.75, 3.05) is 5.32 Å². The molecule has 0 unspecified atom stereocenters. The molecule has 0 aromatic carbocycles. The monoisotopic (exact) mass is 274 g/mol. The molecule has 2 rings (SSSR count). The molecule has 7 nitrogen and oxygen atoms in total. The maximum Gasteiger partial charge on any atom is 0.335 e. The van der Waals surface area contributed by atoms with E-state index in [0.29, 0.717) is 17.7 Å². The predicted octanol–water partition coefficient (Wildman–Crippen LogP) is 1.33. The van der Waals surface area contributed by atoms with Crippen molar-refractivity contribution in [3.8, 4) is 0 Å². The number of aromatic nitrogens is 3. The van der Waals surface area contributed by atoms with Crippen LogP contribution in [0.1, 0.15) is 33.3 Å². The third-order valence-electron chi connectivity index (χ3n) is 2.73. The number of hydrogen-bond donors (Lipinski definition) is 2. The molecule has 0 aliphatic rings. The van der Waals surface area contributed by atoms with E-state index < -0.39 is 5.97 Å². The second-order valence-electron chi connectivity index (χ2n) is 4.21. The van der Waals surface area contributed by atoms with E-state index in [9.17, 15) is 9.59 Å². The van der Waals surface area contributed by atoms with Crippen molar-refractivity contribution < 1.29 is 14.7 Å². The summed E-state index contributed by atoms with van der Waals surface area (Å²) >= 11 is 0. The van der Waals surface area contributed by atoms with Gasteiger partial charge in [-0.15, -0.1) is 0 Å². The van der Waals surface area contributed by atoms with Gasteiger partial charge >= 0.3 is 5.97 Å². The van der Waals surface area contributed by atoms with E-state index >= 15 is 0 Å². The lowest BCUT2D eigenvalue weighted by Crippen LogP contribution is -2.14. The number of carbonyl (C=O) groups excluding carboxylic acids is 1. The average Bonchev–Trinajstić information content (AvgIpc) is 2.80. The molecule has 0 spiro atoms. The minimum Gasteiger partial charge on any atom is -0.478 e. The highest BCUT2D eigenvalue weighted by Crippen LogP contribution is 2.12. The highest BCUT2D eigenvalue weighted by atomic mass is 16.4. The molecular weight excluding hydrogens is 260 g/mol. The summed E-state index contributed by atoms with van der Waals surface area (Å²) in [6.45, 7) is 1.91. The first-order valence-electron chi connectivity index (χ1n) is 6.04. The normalized spacial score (nSPS) is 10.3. The van der Waals surface area contributed by atoms with E-state index in [1.165, 1.54) is 18.3 Å². The Labute approximate surface area is 115 Å². The first-order chi connectivity index (χ1) is 9.51. The number of hydrogen-bond acceptors (Lipinski definition) is 4. The van der Waals surface area contributed by atoms with Crippen molar-refractivity contribution in [3.05, 3.63) is 41.3 Å². The van der Waals surface area contributed by atoms with Gasteiger partial charge in [-0.05, 0) is 18.6 Å². The van der Waals surface area contributed by atoms with E-state index in [4.69, 9.17) is 5.11 Å². The minimum atomic E-state index is -1.07. The highest BCUT2D eigenvalue weighted by molar-refractivity contribution is 6.04. The average molecular weight is 274 g/mol. The van der Waals surface area contributed by atoms with Gasteiger partial charge in [0.05, 0.1) is 16.8 Å². The number of rotatable bonds is 4. The summed E-state index contributed by atoms with van der Waals surface area (Å²) in [4.78, 5) is 26.9. The summed E-state index contributed by atoms with van der Waals surface area (Å²) in [6.07, 6.45) is 3.59. The van der Waals surface area contributed by atoms with Crippen LogP contribution in [0.4, 0.5) is 5.82 Å². The number of aromatic carboxylic acids is 1. The van der Waals surface area contributed by atoms with Gasteiger partial charge in [0.25, 0.3) is 5.91 Å². The van der Waals surface area contributed by atoms with Crippen LogP contribution < -0.4 is 5.32 Å². The predicted molar refractivity (Wildman–Crippen MR) is 71.7 cm³/mol. The summed E-state index contributed by atoms with van der Waals surface area (Å²) in [6, 6.07) is 2.67. The molecule has 2 aromatic rings. The number of nitrogens with zero attached hydrogens (tertiary/aromatic N) is 3. The Kier molecular flexibility index (Phi) is 3.79. The van der Waals surface area contributed by atoms with Crippen molar-refractivity contribution in [1.29, 1.82) is 0 Å². The molecule has 0 saturated carbocycles. The zero-order valence-electron chi connectivity index (χ0n) is 11.1. The fraction of sp³-hybridized carbons (Fsp3) is 0.231. The number of carboxylic acid groups (broad SMARTS) is 1. The SMILES string of the molecule is CCc1nn(C)cc1C(=O)Nc1cc(C(=O)O)ccn1. The van der Waals surface area contributed by atoms with Crippen LogP contribution in [-0.2, 0) is 13.5 Å². The van der Waals surface area contributed by atoms with Crippen LogP contribution in [0.2, 0.25) is 0 Å². The standard InChI is InChI=1S/C13H14N4O3/c1-3-10-9(7-17(2)16-10)12(18)15-11-6-8(13(19)20)4-5-14-11/h4-7H,3H2,1-2H3,(H,19,20)(H,14,15,18). The van der Waals surface area contributed by atoms with E-state index in [1.807, 2.05) is 6.92 Å². The summed E-state index contributed by atoms with van der Waals surface area (Å²) in [5.74, 6) is -1.23. The smallest absolute Gasteiger partial charge is 0.335 e. The zero-order chi connectivity index (χ0) is 14.7. The third kappa shape index (κ3) is 2.82. The maximum absolute atomic E-state index is 12.1. The molecule has 2 aromatic heterocycles. The summed E-state index contributed by atoms with van der Waals surface area (Å²) in [5, 5.41) is 15.6. The molecule has 0 saturated heterocycles. The molecule has 0 bridgehead atoms. The maximum atomic E-state index is 12.1. The van der Waals surface area contributed by atoms with Crippen LogP contribution in [0, 0.1) is 0 Å². The number of anilines is 1. The Morgan fingerprint density at radius 2 is 2.20 bits per heavy atom.